The first-order chi connectivity index (χ1) is 15.2. The van der Waals surface area contributed by atoms with Crippen LogP contribution in [0.15, 0.2) is 54.6 Å². The van der Waals surface area contributed by atoms with E-state index in [9.17, 15) is 19.8 Å². The van der Waals surface area contributed by atoms with Crippen molar-refractivity contribution in [2.75, 3.05) is 6.61 Å². The van der Waals surface area contributed by atoms with E-state index in [0.29, 0.717) is 12.8 Å². The molecule has 170 valence electrons. The molecule has 7 heteroatoms. The second-order valence-corrected chi connectivity index (χ2v) is 9.68. The van der Waals surface area contributed by atoms with Crippen molar-refractivity contribution in [2.24, 2.45) is 17.3 Å². The predicted molar refractivity (Wildman–Crippen MR) is 113 cm³/mol. The van der Waals surface area contributed by atoms with Gasteiger partial charge in [-0.05, 0) is 31.7 Å². The average molecular weight is 440 g/mol. The first-order valence-electron chi connectivity index (χ1n) is 11.0. The highest BCUT2D eigenvalue weighted by atomic mass is 16.6. The summed E-state index contributed by atoms with van der Waals surface area (Å²) in [6.45, 7) is 9.37. The molecule has 2 aliphatic heterocycles. The van der Waals surface area contributed by atoms with Gasteiger partial charge in [-0.1, -0.05) is 43.5 Å². The fourth-order valence-corrected chi connectivity index (χ4v) is 6.71. The van der Waals surface area contributed by atoms with Crippen LogP contribution in [0, 0.1) is 17.3 Å². The Hall–Kier alpha value is -2.48. The van der Waals surface area contributed by atoms with Crippen LogP contribution in [0.3, 0.4) is 0 Å². The lowest BCUT2D eigenvalue weighted by Gasteiger charge is -2.66. The fourth-order valence-electron chi connectivity index (χ4n) is 6.71. The number of hydrogen-bond donors (Lipinski definition) is 2. The van der Waals surface area contributed by atoms with Crippen molar-refractivity contribution in [2.45, 2.75) is 56.2 Å². The number of carbonyl (C=O) groups is 2. The summed E-state index contributed by atoms with van der Waals surface area (Å²) in [5.41, 5.74) is -0.255. The van der Waals surface area contributed by atoms with Crippen molar-refractivity contribution in [1.29, 1.82) is 0 Å². The van der Waals surface area contributed by atoms with E-state index in [1.165, 1.54) is 0 Å². The molecule has 0 amide bonds. The van der Waals surface area contributed by atoms with E-state index in [-0.39, 0.29) is 24.2 Å². The number of ether oxygens (including phenoxy) is 3. The molecule has 2 aliphatic carbocycles. The standard InChI is InChI=1S/C25H28O7/c1-13(2)21(27)31-16-11-25-17(26)9-10-24(12-30-23(25)29,15-7-5-4-6-8-15)20(25)19-18(16)14(3)22(28)32-19/h4-8,16-20,23,26,29H,1,3,9-12H2,2H3. The Kier molecular flexibility index (Phi) is 4.85. The Balaban J connectivity index is 1.68. The molecule has 2 N–H and O–H groups in total. The highest BCUT2D eigenvalue weighted by molar-refractivity contribution is 5.91. The number of esters is 2. The van der Waals surface area contributed by atoms with Crippen molar-refractivity contribution >= 4 is 11.9 Å². The van der Waals surface area contributed by atoms with Gasteiger partial charge in [0, 0.05) is 22.5 Å². The third-order valence-electron chi connectivity index (χ3n) is 8.12. The largest absolute Gasteiger partial charge is 0.458 e. The van der Waals surface area contributed by atoms with Gasteiger partial charge in [-0.15, -0.1) is 0 Å². The van der Waals surface area contributed by atoms with Gasteiger partial charge in [-0.25, -0.2) is 9.59 Å². The molecule has 1 aromatic carbocycles. The molecule has 1 aromatic rings. The van der Waals surface area contributed by atoms with E-state index in [1.54, 1.807) is 6.92 Å². The van der Waals surface area contributed by atoms with E-state index in [0.717, 1.165) is 5.56 Å². The van der Waals surface area contributed by atoms with Crippen LogP contribution in [0.4, 0.5) is 0 Å². The van der Waals surface area contributed by atoms with Crippen LogP contribution in [0.5, 0.6) is 0 Å². The van der Waals surface area contributed by atoms with Crippen LogP contribution in [0.1, 0.15) is 31.7 Å². The maximum absolute atomic E-state index is 12.7. The Morgan fingerprint density at radius 2 is 1.97 bits per heavy atom. The molecule has 5 rings (SSSR count). The second kappa shape index (κ2) is 7.27. The van der Waals surface area contributed by atoms with Crippen LogP contribution in [0.25, 0.3) is 0 Å². The molecule has 2 heterocycles. The molecule has 8 unspecified atom stereocenters. The minimum absolute atomic E-state index is 0.129. The van der Waals surface area contributed by atoms with E-state index < -0.39 is 59.2 Å². The lowest BCUT2D eigenvalue weighted by molar-refractivity contribution is -0.334. The first kappa shape index (κ1) is 21.4. The van der Waals surface area contributed by atoms with Crippen LogP contribution < -0.4 is 0 Å². The van der Waals surface area contributed by atoms with Crippen molar-refractivity contribution in [3.8, 4) is 0 Å². The minimum atomic E-state index is -1.29. The quantitative estimate of drug-likeness (QED) is 0.548. The van der Waals surface area contributed by atoms with Gasteiger partial charge in [0.05, 0.1) is 24.0 Å². The van der Waals surface area contributed by atoms with Gasteiger partial charge >= 0.3 is 11.9 Å². The van der Waals surface area contributed by atoms with Gasteiger partial charge in [-0.3, -0.25) is 0 Å². The zero-order valence-electron chi connectivity index (χ0n) is 18.0. The molecule has 2 bridgehead atoms. The molecule has 0 radical (unpaired) electrons. The number of rotatable bonds is 3. The van der Waals surface area contributed by atoms with Crippen LogP contribution in [-0.2, 0) is 29.2 Å². The van der Waals surface area contributed by atoms with Gasteiger partial charge in [0.1, 0.15) is 12.2 Å². The lowest BCUT2D eigenvalue weighted by Crippen LogP contribution is -2.73. The smallest absolute Gasteiger partial charge is 0.334 e. The van der Waals surface area contributed by atoms with Crippen LogP contribution in [-0.4, -0.2) is 53.4 Å². The second-order valence-electron chi connectivity index (χ2n) is 9.68. The van der Waals surface area contributed by atoms with E-state index in [2.05, 4.69) is 13.2 Å². The number of benzene rings is 1. The van der Waals surface area contributed by atoms with Crippen molar-refractivity contribution < 1.29 is 34.0 Å². The summed E-state index contributed by atoms with van der Waals surface area (Å²) in [5, 5.41) is 22.4. The van der Waals surface area contributed by atoms with Crippen molar-refractivity contribution in [3.63, 3.8) is 0 Å². The van der Waals surface area contributed by atoms with Gasteiger partial charge in [-0.2, -0.15) is 0 Å². The van der Waals surface area contributed by atoms with Gasteiger partial charge in [0.15, 0.2) is 6.29 Å². The molecular formula is C25H28O7. The normalized spacial score (nSPS) is 42.5. The molecule has 0 aromatic heterocycles. The summed E-state index contributed by atoms with van der Waals surface area (Å²) in [4.78, 5) is 25.1. The van der Waals surface area contributed by atoms with E-state index in [4.69, 9.17) is 14.2 Å². The summed E-state index contributed by atoms with van der Waals surface area (Å²) in [6.07, 6.45) is -2.54. The topological polar surface area (TPSA) is 102 Å². The zero-order valence-corrected chi connectivity index (χ0v) is 18.0. The van der Waals surface area contributed by atoms with E-state index >= 15 is 0 Å². The number of hydrogen-bond acceptors (Lipinski definition) is 7. The summed E-state index contributed by atoms with van der Waals surface area (Å²) in [6, 6.07) is 9.84. The molecule has 2 saturated heterocycles. The number of fused-ring (bicyclic) bond motifs is 1. The summed E-state index contributed by atoms with van der Waals surface area (Å²) in [7, 11) is 0. The Bertz CT molecular complexity index is 969. The molecule has 2 saturated carbocycles. The van der Waals surface area contributed by atoms with Crippen molar-refractivity contribution in [1.82, 2.24) is 0 Å². The van der Waals surface area contributed by atoms with Crippen LogP contribution in [0.2, 0.25) is 0 Å². The van der Waals surface area contributed by atoms with Crippen LogP contribution >= 0.6 is 0 Å². The maximum atomic E-state index is 12.7. The Morgan fingerprint density at radius 1 is 1.25 bits per heavy atom. The fraction of sp³-hybridized carbons (Fsp3) is 0.520. The molecule has 0 spiro atoms. The molecule has 7 nitrogen and oxygen atoms in total. The highest BCUT2D eigenvalue weighted by Gasteiger charge is 2.74. The number of aliphatic hydroxyl groups excluding tert-OH is 2. The van der Waals surface area contributed by atoms with E-state index in [1.807, 2.05) is 30.3 Å². The molecule has 8 atom stereocenters. The van der Waals surface area contributed by atoms with Gasteiger partial charge < -0.3 is 24.4 Å². The molecule has 32 heavy (non-hydrogen) atoms. The molecule has 4 fully saturated rings. The molecule has 4 aliphatic rings. The highest BCUT2D eigenvalue weighted by Crippen LogP contribution is 2.66. The number of aliphatic hydroxyl groups is 2. The predicted octanol–water partition coefficient (Wildman–Crippen LogP) is 2.02. The number of carbonyl (C=O) groups excluding carboxylic acids is 2. The first-order valence-corrected chi connectivity index (χ1v) is 11.0. The van der Waals surface area contributed by atoms with Gasteiger partial charge in [0.25, 0.3) is 0 Å². The summed E-state index contributed by atoms with van der Waals surface area (Å²) >= 11 is 0. The Labute approximate surface area is 186 Å². The Morgan fingerprint density at radius 3 is 2.66 bits per heavy atom. The lowest BCUT2D eigenvalue weighted by atomic mass is 9.43. The monoisotopic (exact) mass is 440 g/mol. The van der Waals surface area contributed by atoms with Crippen molar-refractivity contribution in [3.05, 3.63) is 60.2 Å². The third-order valence-corrected chi connectivity index (χ3v) is 8.12. The molecular weight excluding hydrogens is 412 g/mol. The van der Waals surface area contributed by atoms with Gasteiger partial charge in [0.2, 0.25) is 0 Å². The zero-order chi connectivity index (χ0) is 22.8. The third kappa shape index (κ3) is 2.71. The summed E-state index contributed by atoms with van der Waals surface area (Å²) in [5.74, 6) is -2.13. The SMILES string of the molecule is C=C(C)C(=O)OC1CC23C(O)CCC(c4ccccc4)(COC2O)C3C2OC(=O)C(=C)C12. The summed E-state index contributed by atoms with van der Waals surface area (Å²) < 4.78 is 17.5. The minimum Gasteiger partial charge on any atom is -0.458 e. The average Bonchev–Trinajstić information content (AvgIpc) is 3.08. The maximum Gasteiger partial charge on any atom is 0.334 e.